The highest BCUT2D eigenvalue weighted by molar-refractivity contribution is 5.78. The van der Waals surface area contributed by atoms with Gasteiger partial charge in [0.15, 0.2) is 0 Å². The number of allylic oxidation sites excluding steroid dienone is 1. The summed E-state index contributed by atoms with van der Waals surface area (Å²) >= 11 is 0. The van der Waals surface area contributed by atoms with Crippen LogP contribution < -0.4 is 10.2 Å². The molecule has 0 saturated carbocycles. The molecular weight excluding hydrogens is 317 g/mol. The predicted octanol–water partition coefficient (Wildman–Crippen LogP) is 2.95. The van der Waals surface area contributed by atoms with Crippen molar-refractivity contribution in [2.24, 2.45) is 0 Å². The molecule has 3 rings (SSSR count). The van der Waals surface area contributed by atoms with Crippen LogP contribution in [0, 0.1) is 5.82 Å². The van der Waals surface area contributed by atoms with Crippen LogP contribution in [0.1, 0.15) is 32.1 Å². The average Bonchev–Trinajstić information content (AvgIpc) is 2.64. The summed E-state index contributed by atoms with van der Waals surface area (Å²) in [6, 6.07) is 6.89. The van der Waals surface area contributed by atoms with Gasteiger partial charge in [-0.3, -0.25) is 9.69 Å². The fraction of sp³-hybridized carbons (Fsp3) is 0.550. The minimum Gasteiger partial charge on any atom is -0.367 e. The first-order chi connectivity index (χ1) is 12.2. The third-order valence-electron chi connectivity index (χ3n) is 5.09. The van der Waals surface area contributed by atoms with E-state index in [2.05, 4.69) is 21.2 Å². The zero-order chi connectivity index (χ0) is 17.5. The number of benzene rings is 1. The number of hydrogen-bond donors (Lipinski definition) is 1. The molecule has 0 unspecified atom stereocenters. The maximum absolute atomic E-state index is 13.9. The number of halogens is 1. The summed E-state index contributed by atoms with van der Waals surface area (Å²) in [5, 5.41) is 3.03. The lowest BCUT2D eigenvalue weighted by atomic mass is 9.97. The van der Waals surface area contributed by atoms with E-state index in [1.54, 1.807) is 6.07 Å². The molecule has 2 aliphatic rings. The smallest absolute Gasteiger partial charge is 0.234 e. The van der Waals surface area contributed by atoms with Crippen LogP contribution in [0.25, 0.3) is 0 Å². The van der Waals surface area contributed by atoms with Crippen molar-refractivity contribution in [2.45, 2.75) is 32.1 Å². The quantitative estimate of drug-likeness (QED) is 0.805. The lowest BCUT2D eigenvalue weighted by Crippen LogP contribution is -2.49. The van der Waals surface area contributed by atoms with Crippen LogP contribution in [-0.2, 0) is 4.79 Å². The zero-order valence-corrected chi connectivity index (χ0v) is 14.8. The number of nitrogens with one attached hydrogen (secondary N) is 1. The molecule has 0 bridgehead atoms. The van der Waals surface area contributed by atoms with Crippen LogP contribution in [0.15, 0.2) is 35.9 Å². The number of amides is 1. The first kappa shape index (κ1) is 17.9. The van der Waals surface area contributed by atoms with Gasteiger partial charge in [-0.1, -0.05) is 23.8 Å². The van der Waals surface area contributed by atoms with Gasteiger partial charge in [-0.25, -0.2) is 4.39 Å². The Kier molecular flexibility index (Phi) is 6.45. The Hall–Kier alpha value is -1.88. The minimum atomic E-state index is -0.175. The Bertz CT molecular complexity index is 609. The van der Waals surface area contributed by atoms with E-state index in [0.29, 0.717) is 12.2 Å². The molecule has 0 radical (unpaired) electrons. The van der Waals surface area contributed by atoms with Crippen molar-refractivity contribution in [3.05, 3.63) is 41.7 Å². The van der Waals surface area contributed by atoms with Crippen molar-refractivity contribution in [1.29, 1.82) is 0 Å². The number of hydrogen-bond acceptors (Lipinski definition) is 3. The molecule has 1 heterocycles. The first-order valence-electron chi connectivity index (χ1n) is 9.39. The van der Waals surface area contributed by atoms with Gasteiger partial charge in [0, 0.05) is 32.7 Å². The van der Waals surface area contributed by atoms with E-state index in [9.17, 15) is 9.18 Å². The molecule has 1 saturated heterocycles. The second-order valence-electron chi connectivity index (χ2n) is 6.92. The monoisotopic (exact) mass is 345 g/mol. The van der Waals surface area contributed by atoms with Crippen molar-refractivity contribution in [3.63, 3.8) is 0 Å². The van der Waals surface area contributed by atoms with Gasteiger partial charge in [-0.15, -0.1) is 0 Å². The SMILES string of the molecule is O=C(CN1CCN(c2ccccc2F)CC1)NCCC1=CCCCC1. The molecule has 5 heteroatoms. The van der Waals surface area contributed by atoms with E-state index in [1.807, 2.05) is 12.1 Å². The van der Waals surface area contributed by atoms with Crippen molar-refractivity contribution in [1.82, 2.24) is 10.2 Å². The maximum atomic E-state index is 13.9. The van der Waals surface area contributed by atoms with Crippen molar-refractivity contribution in [3.8, 4) is 0 Å². The minimum absolute atomic E-state index is 0.0933. The Morgan fingerprint density at radius 3 is 2.64 bits per heavy atom. The van der Waals surface area contributed by atoms with Crippen molar-refractivity contribution >= 4 is 11.6 Å². The second-order valence-corrected chi connectivity index (χ2v) is 6.92. The molecular formula is C20H28FN3O. The zero-order valence-electron chi connectivity index (χ0n) is 14.8. The Morgan fingerprint density at radius 1 is 1.12 bits per heavy atom. The molecule has 136 valence electrons. The van der Waals surface area contributed by atoms with Crippen molar-refractivity contribution in [2.75, 3.05) is 44.2 Å². The van der Waals surface area contributed by atoms with E-state index in [0.717, 1.165) is 39.1 Å². The Balaban J connectivity index is 1.36. The van der Waals surface area contributed by atoms with Gasteiger partial charge in [-0.2, -0.15) is 0 Å². The highest BCUT2D eigenvalue weighted by Gasteiger charge is 2.20. The van der Waals surface area contributed by atoms with E-state index in [4.69, 9.17) is 0 Å². The summed E-state index contributed by atoms with van der Waals surface area (Å²) in [5.74, 6) is -0.0820. The molecule has 0 spiro atoms. The summed E-state index contributed by atoms with van der Waals surface area (Å²) < 4.78 is 13.9. The van der Waals surface area contributed by atoms with Gasteiger partial charge in [0.25, 0.3) is 0 Å². The summed E-state index contributed by atoms with van der Waals surface area (Å²) in [6.07, 6.45) is 8.27. The number of carbonyl (C=O) groups excluding carboxylic acids is 1. The fourth-order valence-electron chi connectivity index (χ4n) is 3.61. The summed E-state index contributed by atoms with van der Waals surface area (Å²) in [5.41, 5.74) is 2.15. The molecule has 0 atom stereocenters. The topological polar surface area (TPSA) is 35.6 Å². The van der Waals surface area contributed by atoms with Gasteiger partial charge in [0.05, 0.1) is 12.2 Å². The molecule has 1 aromatic carbocycles. The predicted molar refractivity (Wildman–Crippen MR) is 99.2 cm³/mol. The van der Waals surface area contributed by atoms with Crippen molar-refractivity contribution < 1.29 is 9.18 Å². The van der Waals surface area contributed by atoms with E-state index < -0.39 is 0 Å². The number of piperazine rings is 1. The average molecular weight is 345 g/mol. The van der Waals surface area contributed by atoms with Crippen LogP contribution >= 0.6 is 0 Å². The van der Waals surface area contributed by atoms with Crippen LogP contribution in [-0.4, -0.2) is 50.1 Å². The van der Waals surface area contributed by atoms with E-state index in [1.165, 1.54) is 37.3 Å². The third kappa shape index (κ3) is 5.30. The highest BCUT2D eigenvalue weighted by atomic mass is 19.1. The highest BCUT2D eigenvalue weighted by Crippen LogP contribution is 2.20. The van der Waals surface area contributed by atoms with Crippen LogP contribution in [0.3, 0.4) is 0 Å². The van der Waals surface area contributed by atoms with Crippen LogP contribution in [0.5, 0.6) is 0 Å². The number of rotatable bonds is 6. The van der Waals surface area contributed by atoms with Gasteiger partial charge >= 0.3 is 0 Å². The normalized spacial score (nSPS) is 18.8. The van der Waals surface area contributed by atoms with Gasteiger partial charge in [0.1, 0.15) is 5.82 Å². The second kappa shape index (κ2) is 8.99. The molecule has 25 heavy (non-hydrogen) atoms. The van der Waals surface area contributed by atoms with Gasteiger partial charge in [0.2, 0.25) is 5.91 Å². The molecule has 1 aliphatic heterocycles. The number of anilines is 1. The molecule has 1 aromatic rings. The Labute approximate surface area is 149 Å². The van der Waals surface area contributed by atoms with Gasteiger partial charge < -0.3 is 10.2 Å². The summed E-state index contributed by atoms with van der Waals surface area (Å²) in [4.78, 5) is 16.3. The van der Waals surface area contributed by atoms with E-state index >= 15 is 0 Å². The standard InChI is InChI=1S/C20H28FN3O/c21-18-8-4-5-9-19(18)24-14-12-23(13-15-24)16-20(25)22-11-10-17-6-2-1-3-7-17/h4-6,8-9H,1-3,7,10-16H2,(H,22,25). The first-order valence-corrected chi connectivity index (χ1v) is 9.39. The fourth-order valence-corrected chi connectivity index (χ4v) is 3.61. The number of para-hydroxylation sites is 1. The lowest BCUT2D eigenvalue weighted by molar-refractivity contribution is -0.122. The molecule has 0 aromatic heterocycles. The molecule has 1 aliphatic carbocycles. The summed E-state index contributed by atoms with van der Waals surface area (Å²) in [7, 11) is 0. The van der Waals surface area contributed by atoms with Crippen LogP contribution in [0.2, 0.25) is 0 Å². The van der Waals surface area contributed by atoms with E-state index in [-0.39, 0.29) is 11.7 Å². The number of carbonyl (C=O) groups is 1. The van der Waals surface area contributed by atoms with Crippen LogP contribution in [0.4, 0.5) is 10.1 Å². The Morgan fingerprint density at radius 2 is 1.92 bits per heavy atom. The third-order valence-corrected chi connectivity index (χ3v) is 5.09. The molecule has 1 amide bonds. The van der Waals surface area contributed by atoms with Gasteiger partial charge in [-0.05, 0) is 44.2 Å². The molecule has 1 fully saturated rings. The summed E-state index contributed by atoms with van der Waals surface area (Å²) in [6.45, 7) is 4.24. The lowest BCUT2D eigenvalue weighted by Gasteiger charge is -2.35. The number of nitrogens with zero attached hydrogens (tertiary/aromatic N) is 2. The largest absolute Gasteiger partial charge is 0.367 e. The molecule has 1 N–H and O–H groups in total. The molecule has 4 nitrogen and oxygen atoms in total. The maximum Gasteiger partial charge on any atom is 0.234 e.